The highest BCUT2D eigenvalue weighted by atomic mass is 79.9. The van der Waals surface area contributed by atoms with Crippen molar-refractivity contribution in [3.05, 3.63) is 45.2 Å². The maximum atomic E-state index is 11.0. The van der Waals surface area contributed by atoms with Gasteiger partial charge in [0, 0.05) is 17.1 Å². The molecule has 1 aromatic heterocycles. The fourth-order valence-corrected chi connectivity index (χ4v) is 1.84. The number of benzene rings is 1. The van der Waals surface area contributed by atoms with Crippen LogP contribution in [0.5, 0.6) is 11.6 Å². The Morgan fingerprint density at radius 1 is 1.45 bits per heavy atom. The molecule has 0 aliphatic carbocycles. The monoisotopic (exact) mass is 338 g/mol. The first-order valence-electron chi connectivity index (χ1n) is 5.78. The number of nitrogens with zero attached hydrogens (tertiary/aromatic N) is 3. The Labute approximate surface area is 123 Å². The molecule has 0 radical (unpaired) electrons. The highest BCUT2D eigenvalue weighted by molar-refractivity contribution is 9.10. The molecule has 0 bridgehead atoms. The van der Waals surface area contributed by atoms with E-state index in [0.717, 1.165) is 0 Å². The molecule has 2 aromatic rings. The lowest BCUT2D eigenvalue weighted by Crippen LogP contribution is -2.01. The van der Waals surface area contributed by atoms with E-state index in [-0.39, 0.29) is 17.3 Å². The molecule has 0 spiro atoms. The van der Waals surface area contributed by atoms with Crippen molar-refractivity contribution < 1.29 is 9.66 Å². The first-order chi connectivity index (χ1) is 9.60. The number of rotatable bonds is 5. The molecule has 104 valence electrons. The Kier molecular flexibility index (Phi) is 4.46. The molecule has 0 aliphatic rings. The highest BCUT2D eigenvalue weighted by Gasteiger charge is 2.17. The summed E-state index contributed by atoms with van der Waals surface area (Å²) < 4.78 is 6.04. The SMILES string of the molecule is CCNc1cncc(Oc2ccc(Br)cc2[N+](=O)[O-])n1. The molecule has 7 nitrogen and oxygen atoms in total. The molecule has 8 heteroatoms. The van der Waals surface area contributed by atoms with E-state index in [1.54, 1.807) is 12.3 Å². The zero-order valence-electron chi connectivity index (χ0n) is 10.5. The zero-order valence-corrected chi connectivity index (χ0v) is 12.1. The summed E-state index contributed by atoms with van der Waals surface area (Å²) in [5.74, 6) is 0.847. The van der Waals surface area contributed by atoms with Gasteiger partial charge in [-0.1, -0.05) is 15.9 Å². The smallest absolute Gasteiger partial charge is 0.312 e. The number of ether oxygens (including phenoxy) is 1. The van der Waals surface area contributed by atoms with E-state index in [1.165, 1.54) is 18.3 Å². The van der Waals surface area contributed by atoms with Gasteiger partial charge in [-0.3, -0.25) is 15.1 Å². The molecule has 0 fully saturated rings. The molecule has 1 N–H and O–H groups in total. The Morgan fingerprint density at radius 3 is 2.95 bits per heavy atom. The first-order valence-corrected chi connectivity index (χ1v) is 6.57. The number of nitro benzene ring substituents is 1. The predicted octanol–water partition coefficient (Wildman–Crippen LogP) is 3.37. The van der Waals surface area contributed by atoms with E-state index >= 15 is 0 Å². The summed E-state index contributed by atoms with van der Waals surface area (Å²) in [5.41, 5.74) is -0.143. The van der Waals surface area contributed by atoms with E-state index in [1.807, 2.05) is 6.92 Å². The van der Waals surface area contributed by atoms with Crippen LogP contribution in [-0.4, -0.2) is 21.4 Å². The maximum absolute atomic E-state index is 11.0. The van der Waals surface area contributed by atoms with Gasteiger partial charge in [0.1, 0.15) is 5.82 Å². The first kappa shape index (κ1) is 14.2. The molecule has 0 amide bonds. The minimum Gasteiger partial charge on any atom is -0.430 e. The van der Waals surface area contributed by atoms with Gasteiger partial charge in [0.2, 0.25) is 11.6 Å². The van der Waals surface area contributed by atoms with Crippen LogP contribution in [0, 0.1) is 10.1 Å². The molecule has 0 saturated carbocycles. The molecule has 20 heavy (non-hydrogen) atoms. The van der Waals surface area contributed by atoms with Gasteiger partial charge in [-0.25, -0.2) is 0 Å². The third-order valence-electron chi connectivity index (χ3n) is 2.30. The van der Waals surface area contributed by atoms with E-state index in [4.69, 9.17) is 4.74 Å². The summed E-state index contributed by atoms with van der Waals surface area (Å²) in [6.07, 6.45) is 2.94. The van der Waals surface area contributed by atoms with Crippen LogP contribution in [0.4, 0.5) is 11.5 Å². The number of nitro groups is 1. The fraction of sp³-hybridized carbons (Fsp3) is 0.167. The summed E-state index contributed by atoms with van der Waals surface area (Å²) in [6.45, 7) is 2.62. The zero-order chi connectivity index (χ0) is 14.5. The summed E-state index contributed by atoms with van der Waals surface area (Å²) in [5, 5.41) is 14.0. The van der Waals surface area contributed by atoms with Gasteiger partial charge >= 0.3 is 5.69 Å². The highest BCUT2D eigenvalue weighted by Crippen LogP contribution is 2.32. The van der Waals surface area contributed by atoms with Crippen LogP contribution in [0.25, 0.3) is 0 Å². The molecule has 1 aromatic carbocycles. The van der Waals surface area contributed by atoms with E-state index < -0.39 is 4.92 Å². The molecule has 0 atom stereocenters. The third kappa shape index (κ3) is 3.41. The van der Waals surface area contributed by atoms with Gasteiger partial charge in [0.05, 0.1) is 17.3 Å². The standard InChI is InChI=1S/C12H11BrN4O3/c1-2-15-11-6-14-7-12(16-11)20-10-4-3-8(13)5-9(10)17(18)19/h3-7H,2H2,1H3,(H,15,16). The number of nitrogens with one attached hydrogen (secondary N) is 1. The second-order valence-corrected chi connectivity index (χ2v) is 4.66. The Bertz CT molecular complexity index is 636. The van der Waals surface area contributed by atoms with Gasteiger partial charge in [-0.05, 0) is 19.1 Å². The number of halogens is 1. The van der Waals surface area contributed by atoms with E-state index in [0.29, 0.717) is 16.8 Å². The molecular weight excluding hydrogens is 328 g/mol. The normalized spacial score (nSPS) is 10.1. The van der Waals surface area contributed by atoms with Crippen molar-refractivity contribution in [2.45, 2.75) is 6.92 Å². The van der Waals surface area contributed by atoms with Gasteiger partial charge in [0.15, 0.2) is 0 Å². The molecule has 1 heterocycles. The number of anilines is 1. The number of aromatic nitrogens is 2. The van der Waals surface area contributed by atoms with Crippen LogP contribution >= 0.6 is 15.9 Å². The molecule has 0 saturated heterocycles. The summed E-state index contributed by atoms with van der Waals surface area (Å²) in [6, 6.07) is 4.53. The summed E-state index contributed by atoms with van der Waals surface area (Å²) in [4.78, 5) is 18.6. The number of hydrogen-bond donors (Lipinski definition) is 1. The van der Waals surface area contributed by atoms with Gasteiger partial charge < -0.3 is 10.1 Å². The molecule has 2 rings (SSSR count). The van der Waals surface area contributed by atoms with Crippen molar-refractivity contribution in [1.82, 2.24) is 9.97 Å². The average molecular weight is 339 g/mol. The van der Waals surface area contributed by atoms with E-state index in [2.05, 4.69) is 31.2 Å². The van der Waals surface area contributed by atoms with Crippen LogP contribution in [-0.2, 0) is 0 Å². The lowest BCUT2D eigenvalue weighted by Gasteiger charge is -2.07. The lowest BCUT2D eigenvalue weighted by molar-refractivity contribution is -0.385. The van der Waals surface area contributed by atoms with Gasteiger partial charge in [-0.15, -0.1) is 0 Å². The lowest BCUT2D eigenvalue weighted by atomic mass is 10.3. The molecule has 0 aliphatic heterocycles. The number of hydrogen-bond acceptors (Lipinski definition) is 6. The Balaban J connectivity index is 2.30. The maximum Gasteiger partial charge on any atom is 0.312 e. The Morgan fingerprint density at radius 2 is 2.25 bits per heavy atom. The largest absolute Gasteiger partial charge is 0.430 e. The van der Waals surface area contributed by atoms with Crippen molar-refractivity contribution in [1.29, 1.82) is 0 Å². The minimum atomic E-state index is -0.512. The third-order valence-corrected chi connectivity index (χ3v) is 2.80. The van der Waals surface area contributed by atoms with Crippen molar-refractivity contribution in [3.63, 3.8) is 0 Å². The van der Waals surface area contributed by atoms with Crippen LogP contribution in [0.2, 0.25) is 0 Å². The van der Waals surface area contributed by atoms with Crippen LogP contribution < -0.4 is 10.1 Å². The Hall–Kier alpha value is -2.22. The van der Waals surface area contributed by atoms with Gasteiger partial charge in [0.25, 0.3) is 0 Å². The minimum absolute atomic E-state index is 0.112. The quantitative estimate of drug-likeness (QED) is 0.663. The summed E-state index contributed by atoms with van der Waals surface area (Å²) >= 11 is 3.18. The van der Waals surface area contributed by atoms with Crippen molar-refractivity contribution in [3.8, 4) is 11.6 Å². The molecule has 0 unspecified atom stereocenters. The second kappa shape index (κ2) is 6.29. The van der Waals surface area contributed by atoms with Crippen LogP contribution in [0.1, 0.15) is 6.92 Å². The van der Waals surface area contributed by atoms with Crippen molar-refractivity contribution in [2.24, 2.45) is 0 Å². The average Bonchev–Trinajstić information content (AvgIpc) is 2.41. The summed E-state index contributed by atoms with van der Waals surface area (Å²) in [7, 11) is 0. The fourth-order valence-electron chi connectivity index (χ4n) is 1.50. The van der Waals surface area contributed by atoms with Gasteiger partial charge in [-0.2, -0.15) is 4.98 Å². The van der Waals surface area contributed by atoms with Crippen molar-refractivity contribution >= 4 is 27.4 Å². The second-order valence-electron chi connectivity index (χ2n) is 3.74. The van der Waals surface area contributed by atoms with Crippen molar-refractivity contribution in [2.75, 3.05) is 11.9 Å². The molecular formula is C12H11BrN4O3. The van der Waals surface area contributed by atoms with Crippen LogP contribution in [0.3, 0.4) is 0 Å². The topological polar surface area (TPSA) is 90.2 Å². The van der Waals surface area contributed by atoms with E-state index in [9.17, 15) is 10.1 Å². The van der Waals surface area contributed by atoms with Crippen LogP contribution in [0.15, 0.2) is 35.1 Å². The predicted molar refractivity (Wildman–Crippen MR) is 77.1 cm³/mol.